The van der Waals surface area contributed by atoms with Gasteiger partial charge in [-0.05, 0) is 52.6 Å². The van der Waals surface area contributed by atoms with Crippen LogP contribution in [0.1, 0.15) is 32.8 Å². The maximum atomic E-state index is 12.4. The van der Waals surface area contributed by atoms with Crippen LogP contribution in [0.3, 0.4) is 0 Å². The molecule has 2 amide bonds. The van der Waals surface area contributed by atoms with E-state index in [1.807, 2.05) is 38.1 Å². The van der Waals surface area contributed by atoms with Crippen LogP contribution in [0.2, 0.25) is 0 Å². The Labute approximate surface area is 155 Å². The van der Waals surface area contributed by atoms with Crippen LogP contribution >= 0.6 is 22.6 Å². The van der Waals surface area contributed by atoms with E-state index in [4.69, 9.17) is 0 Å². The number of rotatable bonds is 8. The molecule has 0 aliphatic carbocycles. The van der Waals surface area contributed by atoms with Crippen LogP contribution in [0, 0.1) is 9.49 Å². The van der Waals surface area contributed by atoms with E-state index in [1.165, 1.54) is 6.92 Å². The standard InChI is InChI=1S/C17H23IN2O4/c1-10(2)8-14(19-11(3)21)16(22)20-15(17(23)24)9-12-4-6-13(18)7-5-12/h4-7,10,14-15H,8-9H2,1-3H3,(H,19,21)(H,20,22)(H,23,24)/t14-,15-/m0/s1. The largest absolute Gasteiger partial charge is 0.480 e. The molecule has 1 rings (SSSR count). The first-order valence-electron chi connectivity index (χ1n) is 7.73. The molecule has 0 aliphatic rings. The number of benzene rings is 1. The van der Waals surface area contributed by atoms with Gasteiger partial charge in [-0.15, -0.1) is 0 Å². The number of hydrogen-bond acceptors (Lipinski definition) is 3. The minimum atomic E-state index is -1.10. The molecule has 24 heavy (non-hydrogen) atoms. The van der Waals surface area contributed by atoms with Gasteiger partial charge in [0.15, 0.2) is 0 Å². The number of carboxylic acids is 1. The lowest BCUT2D eigenvalue weighted by molar-refractivity contribution is -0.142. The first-order valence-corrected chi connectivity index (χ1v) is 8.81. The van der Waals surface area contributed by atoms with Crippen molar-refractivity contribution in [3.8, 4) is 0 Å². The molecule has 0 spiro atoms. The lowest BCUT2D eigenvalue weighted by atomic mass is 10.0. The Morgan fingerprint density at radius 2 is 1.67 bits per heavy atom. The first-order chi connectivity index (χ1) is 11.2. The molecule has 0 bridgehead atoms. The summed E-state index contributed by atoms with van der Waals surface area (Å²) in [5.74, 6) is -1.71. The minimum Gasteiger partial charge on any atom is -0.480 e. The van der Waals surface area contributed by atoms with Crippen molar-refractivity contribution < 1.29 is 19.5 Å². The van der Waals surface area contributed by atoms with Crippen LogP contribution < -0.4 is 10.6 Å². The minimum absolute atomic E-state index is 0.187. The summed E-state index contributed by atoms with van der Waals surface area (Å²) in [6, 6.07) is 5.67. The smallest absolute Gasteiger partial charge is 0.326 e. The predicted molar refractivity (Wildman–Crippen MR) is 99.5 cm³/mol. The summed E-state index contributed by atoms with van der Waals surface area (Å²) < 4.78 is 1.05. The molecule has 1 aromatic rings. The van der Waals surface area contributed by atoms with Gasteiger partial charge < -0.3 is 15.7 Å². The maximum Gasteiger partial charge on any atom is 0.326 e. The number of halogens is 1. The van der Waals surface area contributed by atoms with Gasteiger partial charge in [-0.1, -0.05) is 26.0 Å². The molecule has 7 heteroatoms. The summed E-state index contributed by atoms with van der Waals surface area (Å²) in [6.45, 7) is 5.20. The molecule has 0 saturated carbocycles. The van der Waals surface area contributed by atoms with Gasteiger partial charge in [0.1, 0.15) is 12.1 Å². The number of carbonyl (C=O) groups is 3. The third-order valence-electron chi connectivity index (χ3n) is 3.37. The Morgan fingerprint density at radius 3 is 2.12 bits per heavy atom. The number of carboxylic acid groups (broad SMARTS) is 1. The molecule has 0 heterocycles. The lowest BCUT2D eigenvalue weighted by Gasteiger charge is -2.22. The highest BCUT2D eigenvalue weighted by Crippen LogP contribution is 2.10. The molecule has 0 aromatic heterocycles. The Bertz CT molecular complexity index is 587. The van der Waals surface area contributed by atoms with Crippen molar-refractivity contribution in [3.63, 3.8) is 0 Å². The molecule has 6 nitrogen and oxygen atoms in total. The monoisotopic (exact) mass is 446 g/mol. The molecule has 2 atom stereocenters. The number of aliphatic carboxylic acids is 1. The molecule has 0 saturated heterocycles. The van der Waals surface area contributed by atoms with Gasteiger partial charge in [-0.25, -0.2) is 4.79 Å². The summed E-state index contributed by atoms with van der Waals surface area (Å²) >= 11 is 2.17. The third kappa shape index (κ3) is 7.29. The van der Waals surface area contributed by atoms with Gasteiger partial charge in [0.25, 0.3) is 0 Å². The Kier molecular flexibility index (Phi) is 8.17. The molecule has 0 fully saturated rings. The number of carbonyl (C=O) groups excluding carboxylic acids is 2. The zero-order valence-corrected chi connectivity index (χ0v) is 16.2. The normalized spacial score (nSPS) is 13.2. The molecular weight excluding hydrogens is 423 g/mol. The SMILES string of the molecule is CC(=O)N[C@@H](CC(C)C)C(=O)N[C@@H](Cc1ccc(I)cc1)C(=O)O. The van der Waals surface area contributed by atoms with Crippen molar-refractivity contribution in [1.82, 2.24) is 10.6 Å². The van der Waals surface area contributed by atoms with Crippen LogP contribution in [-0.4, -0.2) is 35.0 Å². The highest BCUT2D eigenvalue weighted by atomic mass is 127. The summed E-state index contributed by atoms with van der Waals surface area (Å²) in [4.78, 5) is 35.1. The molecule has 132 valence electrons. The van der Waals surface area contributed by atoms with Gasteiger partial charge in [-0.2, -0.15) is 0 Å². The van der Waals surface area contributed by atoms with E-state index in [-0.39, 0.29) is 18.2 Å². The van der Waals surface area contributed by atoms with Crippen molar-refractivity contribution >= 4 is 40.4 Å². The van der Waals surface area contributed by atoms with Crippen molar-refractivity contribution in [3.05, 3.63) is 33.4 Å². The summed E-state index contributed by atoms with van der Waals surface area (Å²) in [5.41, 5.74) is 0.822. The number of amides is 2. The Morgan fingerprint density at radius 1 is 1.08 bits per heavy atom. The van der Waals surface area contributed by atoms with E-state index in [1.54, 1.807) is 0 Å². The lowest BCUT2D eigenvalue weighted by Crippen LogP contribution is -2.52. The summed E-state index contributed by atoms with van der Waals surface area (Å²) in [6.07, 6.45) is 0.633. The van der Waals surface area contributed by atoms with Crippen molar-refractivity contribution in [2.45, 2.75) is 45.7 Å². The second kappa shape index (κ2) is 9.61. The second-order valence-electron chi connectivity index (χ2n) is 6.11. The fraction of sp³-hybridized carbons (Fsp3) is 0.471. The molecule has 0 unspecified atom stereocenters. The Hall–Kier alpha value is -1.64. The van der Waals surface area contributed by atoms with E-state index in [0.29, 0.717) is 6.42 Å². The maximum absolute atomic E-state index is 12.4. The van der Waals surface area contributed by atoms with Crippen LogP contribution in [0.4, 0.5) is 0 Å². The number of hydrogen-bond donors (Lipinski definition) is 3. The molecular formula is C17H23IN2O4. The van der Waals surface area contributed by atoms with Gasteiger partial charge in [-0.3, -0.25) is 9.59 Å². The summed E-state index contributed by atoms with van der Waals surface area (Å²) in [5, 5.41) is 14.5. The van der Waals surface area contributed by atoms with E-state index < -0.39 is 24.0 Å². The van der Waals surface area contributed by atoms with Crippen LogP contribution in [0.25, 0.3) is 0 Å². The van der Waals surface area contributed by atoms with E-state index in [2.05, 4.69) is 33.2 Å². The fourth-order valence-corrected chi connectivity index (χ4v) is 2.64. The van der Waals surface area contributed by atoms with Crippen LogP contribution in [0.5, 0.6) is 0 Å². The van der Waals surface area contributed by atoms with E-state index >= 15 is 0 Å². The highest BCUT2D eigenvalue weighted by Gasteiger charge is 2.26. The average molecular weight is 446 g/mol. The third-order valence-corrected chi connectivity index (χ3v) is 4.09. The topological polar surface area (TPSA) is 95.5 Å². The van der Waals surface area contributed by atoms with Gasteiger partial charge >= 0.3 is 5.97 Å². The molecule has 1 aromatic carbocycles. The van der Waals surface area contributed by atoms with Crippen molar-refractivity contribution in [2.24, 2.45) is 5.92 Å². The second-order valence-corrected chi connectivity index (χ2v) is 7.36. The first kappa shape index (κ1) is 20.4. The van der Waals surface area contributed by atoms with Crippen LogP contribution in [-0.2, 0) is 20.8 Å². The van der Waals surface area contributed by atoms with Crippen molar-refractivity contribution in [2.75, 3.05) is 0 Å². The number of nitrogens with one attached hydrogen (secondary N) is 2. The summed E-state index contributed by atoms with van der Waals surface area (Å²) in [7, 11) is 0. The highest BCUT2D eigenvalue weighted by molar-refractivity contribution is 14.1. The van der Waals surface area contributed by atoms with Gasteiger partial charge in [0.05, 0.1) is 0 Å². The molecule has 0 aliphatic heterocycles. The average Bonchev–Trinajstić information content (AvgIpc) is 2.46. The quantitative estimate of drug-likeness (QED) is 0.532. The predicted octanol–water partition coefficient (Wildman–Crippen LogP) is 1.95. The van der Waals surface area contributed by atoms with Gasteiger partial charge in [0, 0.05) is 16.9 Å². The van der Waals surface area contributed by atoms with E-state index in [0.717, 1.165) is 9.13 Å². The van der Waals surface area contributed by atoms with Crippen LogP contribution in [0.15, 0.2) is 24.3 Å². The molecule has 0 radical (unpaired) electrons. The van der Waals surface area contributed by atoms with Crippen molar-refractivity contribution in [1.29, 1.82) is 0 Å². The molecule has 3 N–H and O–H groups in total. The zero-order chi connectivity index (χ0) is 18.3. The van der Waals surface area contributed by atoms with Gasteiger partial charge in [0.2, 0.25) is 11.8 Å². The van der Waals surface area contributed by atoms with E-state index in [9.17, 15) is 19.5 Å². The Balaban J connectivity index is 2.80. The zero-order valence-electron chi connectivity index (χ0n) is 14.0. The fourth-order valence-electron chi connectivity index (χ4n) is 2.28.